The van der Waals surface area contributed by atoms with Gasteiger partial charge in [0.25, 0.3) is 0 Å². The van der Waals surface area contributed by atoms with Gasteiger partial charge in [0, 0.05) is 17.5 Å². The predicted molar refractivity (Wildman–Crippen MR) is 83.3 cm³/mol. The Kier molecular flexibility index (Phi) is 3.74. The van der Waals surface area contributed by atoms with Crippen LogP contribution in [0.15, 0.2) is 63.8 Å². The number of benzene rings is 2. The number of hydrogen-bond acceptors (Lipinski definition) is 4. The lowest BCUT2D eigenvalue weighted by molar-refractivity contribution is 0.0735. The average Bonchev–Trinajstić information content (AvgIpc) is 2.54. The number of fused-ring (bicyclic) bond motifs is 1. The highest BCUT2D eigenvalue weighted by molar-refractivity contribution is 5.91. The molecule has 0 saturated carbocycles. The molecule has 1 aromatic heterocycles. The standard InChI is InChI=1S/C18H14O4/c1-2-12-3-5-14(6-4-12)18(20)21-15-9-7-13-8-10-17(19)22-16(13)11-15/h3-11H,2H2,1H3. The van der Waals surface area contributed by atoms with Crippen LogP contribution in [-0.4, -0.2) is 5.97 Å². The number of ether oxygens (including phenoxy) is 1. The van der Waals surface area contributed by atoms with Crippen molar-refractivity contribution >= 4 is 16.9 Å². The van der Waals surface area contributed by atoms with E-state index in [2.05, 4.69) is 6.92 Å². The topological polar surface area (TPSA) is 56.5 Å². The highest BCUT2D eigenvalue weighted by Gasteiger charge is 2.09. The Morgan fingerprint density at radius 1 is 1.05 bits per heavy atom. The summed E-state index contributed by atoms with van der Waals surface area (Å²) < 4.78 is 10.4. The molecule has 3 aromatic rings. The molecular weight excluding hydrogens is 280 g/mol. The number of rotatable bonds is 3. The molecule has 22 heavy (non-hydrogen) atoms. The van der Waals surface area contributed by atoms with Crippen LogP contribution < -0.4 is 10.4 Å². The SMILES string of the molecule is CCc1ccc(C(=O)Oc2ccc3ccc(=O)oc3c2)cc1. The molecule has 0 N–H and O–H groups in total. The van der Waals surface area contributed by atoms with Gasteiger partial charge in [-0.25, -0.2) is 9.59 Å². The molecule has 0 unspecified atom stereocenters. The molecular formula is C18H14O4. The molecule has 0 amide bonds. The summed E-state index contributed by atoms with van der Waals surface area (Å²) in [4.78, 5) is 23.3. The van der Waals surface area contributed by atoms with Crippen LogP contribution in [0.4, 0.5) is 0 Å². The van der Waals surface area contributed by atoms with Gasteiger partial charge in [-0.2, -0.15) is 0 Å². The molecule has 0 aliphatic rings. The Hall–Kier alpha value is -2.88. The van der Waals surface area contributed by atoms with Crippen molar-refractivity contribution in [1.29, 1.82) is 0 Å². The molecule has 110 valence electrons. The summed E-state index contributed by atoms with van der Waals surface area (Å²) in [7, 11) is 0. The van der Waals surface area contributed by atoms with E-state index in [1.54, 1.807) is 30.3 Å². The molecule has 3 rings (SSSR count). The maximum absolute atomic E-state index is 12.1. The van der Waals surface area contributed by atoms with E-state index in [1.807, 2.05) is 12.1 Å². The zero-order valence-corrected chi connectivity index (χ0v) is 12.0. The molecule has 0 aliphatic carbocycles. The number of carbonyl (C=O) groups is 1. The molecule has 4 nitrogen and oxygen atoms in total. The highest BCUT2D eigenvalue weighted by atomic mass is 16.5. The van der Waals surface area contributed by atoms with E-state index >= 15 is 0 Å². The first-order valence-electron chi connectivity index (χ1n) is 7.01. The van der Waals surface area contributed by atoms with Crippen LogP contribution in [0, 0.1) is 0 Å². The molecule has 0 radical (unpaired) electrons. The van der Waals surface area contributed by atoms with Gasteiger partial charge < -0.3 is 9.15 Å². The Bertz CT molecular complexity index is 875. The second-order valence-corrected chi connectivity index (χ2v) is 4.89. The van der Waals surface area contributed by atoms with E-state index in [0.29, 0.717) is 16.9 Å². The van der Waals surface area contributed by atoms with Crippen molar-refractivity contribution < 1.29 is 13.9 Å². The molecule has 1 heterocycles. The fourth-order valence-electron chi connectivity index (χ4n) is 2.15. The first-order chi connectivity index (χ1) is 10.7. The summed E-state index contributed by atoms with van der Waals surface area (Å²) in [5.74, 6) is -0.105. The van der Waals surface area contributed by atoms with Gasteiger partial charge in [-0.3, -0.25) is 0 Å². The number of carbonyl (C=O) groups excluding carboxylic acids is 1. The lowest BCUT2D eigenvalue weighted by Gasteiger charge is -2.05. The maximum Gasteiger partial charge on any atom is 0.343 e. The highest BCUT2D eigenvalue weighted by Crippen LogP contribution is 2.20. The lowest BCUT2D eigenvalue weighted by Crippen LogP contribution is -2.08. The number of hydrogen-bond donors (Lipinski definition) is 0. The quantitative estimate of drug-likeness (QED) is 0.421. The zero-order chi connectivity index (χ0) is 15.5. The Morgan fingerprint density at radius 3 is 2.50 bits per heavy atom. The molecule has 0 aliphatic heterocycles. The van der Waals surface area contributed by atoms with Crippen molar-refractivity contribution in [3.63, 3.8) is 0 Å². The number of esters is 1. The zero-order valence-electron chi connectivity index (χ0n) is 12.0. The second-order valence-electron chi connectivity index (χ2n) is 4.89. The van der Waals surface area contributed by atoms with Gasteiger partial charge in [0.05, 0.1) is 5.56 Å². The first kappa shape index (κ1) is 14.1. The van der Waals surface area contributed by atoms with Crippen molar-refractivity contribution in [1.82, 2.24) is 0 Å². The van der Waals surface area contributed by atoms with Crippen LogP contribution in [0.3, 0.4) is 0 Å². The summed E-state index contributed by atoms with van der Waals surface area (Å²) in [5.41, 5.74) is 1.58. The van der Waals surface area contributed by atoms with Crippen LogP contribution in [0.1, 0.15) is 22.8 Å². The van der Waals surface area contributed by atoms with Gasteiger partial charge in [-0.15, -0.1) is 0 Å². The van der Waals surface area contributed by atoms with E-state index in [4.69, 9.17) is 9.15 Å². The average molecular weight is 294 g/mol. The van der Waals surface area contributed by atoms with Crippen LogP contribution in [0.25, 0.3) is 11.0 Å². The Labute approximate surface area is 127 Å². The first-order valence-corrected chi connectivity index (χ1v) is 7.01. The third-order valence-electron chi connectivity index (χ3n) is 3.40. The summed E-state index contributed by atoms with van der Waals surface area (Å²) in [6.07, 6.45) is 0.916. The van der Waals surface area contributed by atoms with Crippen LogP contribution in [-0.2, 0) is 6.42 Å². The normalized spacial score (nSPS) is 10.6. The van der Waals surface area contributed by atoms with Gasteiger partial charge in [0.15, 0.2) is 0 Å². The fraction of sp³-hybridized carbons (Fsp3) is 0.111. The molecule has 2 aromatic carbocycles. The minimum atomic E-state index is -0.444. The van der Waals surface area contributed by atoms with E-state index in [9.17, 15) is 9.59 Å². The number of aryl methyl sites for hydroxylation is 1. The van der Waals surface area contributed by atoms with Gasteiger partial charge in [-0.1, -0.05) is 19.1 Å². The maximum atomic E-state index is 12.1. The molecule has 0 bridgehead atoms. The minimum absolute atomic E-state index is 0.339. The van der Waals surface area contributed by atoms with Gasteiger partial charge >= 0.3 is 11.6 Å². The van der Waals surface area contributed by atoms with Crippen LogP contribution in [0.5, 0.6) is 5.75 Å². The third kappa shape index (κ3) is 2.91. The van der Waals surface area contributed by atoms with Crippen LogP contribution >= 0.6 is 0 Å². The molecule has 0 saturated heterocycles. The van der Waals surface area contributed by atoms with Crippen molar-refractivity contribution in [3.8, 4) is 5.75 Å². The summed E-state index contributed by atoms with van der Waals surface area (Å²) >= 11 is 0. The summed E-state index contributed by atoms with van der Waals surface area (Å²) in [6, 6.07) is 15.2. The molecule has 4 heteroatoms. The molecule has 0 atom stereocenters. The summed E-state index contributed by atoms with van der Waals surface area (Å²) in [5, 5.41) is 0.770. The Morgan fingerprint density at radius 2 is 1.77 bits per heavy atom. The minimum Gasteiger partial charge on any atom is -0.423 e. The largest absolute Gasteiger partial charge is 0.423 e. The smallest absolute Gasteiger partial charge is 0.343 e. The fourth-order valence-corrected chi connectivity index (χ4v) is 2.15. The van der Waals surface area contributed by atoms with E-state index in [-0.39, 0.29) is 0 Å². The van der Waals surface area contributed by atoms with E-state index in [1.165, 1.54) is 12.1 Å². The summed E-state index contributed by atoms with van der Waals surface area (Å²) in [6.45, 7) is 2.05. The van der Waals surface area contributed by atoms with Crippen molar-refractivity contribution in [2.24, 2.45) is 0 Å². The second kappa shape index (κ2) is 5.85. The van der Waals surface area contributed by atoms with Gasteiger partial charge in [-0.05, 0) is 42.3 Å². The molecule has 0 spiro atoms. The van der Waals surface area contributed by atoms with E-state index in [0.717, 1.165) is 17.4 Å². The third-order valence-corrected chi connectivity index (χ3v) is 3.40. The predicted octanol–water partition coefficient (Wildman–Crippen LogP) is 3.57. The van der Waals surface area contributed by atoms with Gasteiger partial charge in [0.2, 0.25) is 0 Å². The van der Waals surface area contributed by atoms with Crippen LogP contribution in [0.2, 0.25) is 0 Å². The molecule has 0 fully saturated rings. The van der Waals surface area contributed by atoms with Crippen molar-refractivity contribution in [2.75, 3.05) is 0 Å². The van der Waals surface area contributed by atoms with Gasteiger partial charge in [0.1, 0.15) is 11.3 Å². The van der Waals surface area contributed by atoms with Crippen molar-refractivity contribution in [2.45, 2.75) is 13.3 Å². The van der Waals surface area contributed by atoms with E-state index < -0.39 is 11.6 Å². The van der Waals surface area contributed by atoms with Crippen molar-refractivity contribution in [3.05, 3.63) is 76.1 Å². The monoisotopic (exact) mass is 294 g/mol. The lowest BCUT2D eigenvalue weighted by atomic mass is 10.1. The Balaban J connectivity index is 1.85.